The predicted molar refractivity (Wildman–Crippen MR) is 78.2 cm³/mol. The normalized spacial score (nSPS) is 11.7. The Kier molecular flexibility index (Phi) is 4.53. The Morgan fingerprint density at radius 2 is 2.00 bits per heavy atom. The lowest BCUT2D eigenvalue weighted by Gasteiger charge is -2.10. The largest absolute Gasteiger partial charge is 0.292 e. The van der Waals surface area contributed by atoms with Gasteiger partial charge in [0.25, 0.3) is 0 Å². The van der Waals surface area contributed by atoms with Gasteiger partial charge in [-0.05, 0) is 18.2 Å². The van der Waals surface area contributed by atoms with E-state index in [2.05, 4.69) is 15.9 Å². The summed E-state index contributed by atoms with van der Waals surface area (Å²) in [6.07, 6.45) is 0. The molecule has 0 bridgehead atoms. The van der Waals surface area contributed by atoms with Crippen LogP contribution in [0.25, 0.3) is 0 Å². The number of benzene rings is 2. The molecule has 0 heterocycles. The van der Waals surface area contributed by atoms with Crippen LogP contribution in [0.2, 0.25) is 5.02 Å². The van der Waals surface area contributed by atoms with Gasteiger partial charge in [0, 0.05) is 15.6 Å². The molecule has 0 spiro atoms. The van der Waals surface area contributed by atoms with Crippen molar-refractivity contribution >= 4 is 33.3 Å². The molecule has 100 valence electrons. The van der Waals surface area contributed by atoms with Gasteiger partial charge in [-0.15, -0.1) is 0 Å². The van der Waals surface area contributed by atoms with Crippen LogP contribution in [0, 0.1) is 17.1 Å². The molecular formula is C15H8BrClFNO. The molecule has 0 N–H and O–H groups in total. The van der Waals surface area contributed by atoms with Crippen LogP contribution in [-0.2, 0) is 0 Å². The van der Waals surface area contributed by atoms with Gasteiger partial charge in [-0.2, -0.15) is 5.26 Å². The van der Waals surface area contributed by atoms with Gasteiger partial charge in [-0.25, -0.2) is 4.39 Å². The predicted octanol–water partition coefficient (Wildman–Crippen LogP) is 4.73. The minimum absolute atomic E-state index is 0.00928. The van der Waals surface area contributed by atoms with Crippen molar-refractivity contribution in [3.05, 3.63) is 68.9 Å². The highest BCUT2D eigenvalue weighted by molar-refractivity contribution is 9.10. The Morgan fingerprint density at radius 3 is 2.65 bits per heavy atom. The van der Waals surface area contributed by atoms with E-state index in [0.29, 0.717) is 10.0 Å². The fraction of sp³-hybridized carbons (Fsp3) is 0.0667. The topological polar surface area (TPSA) is 40.9 Å². The van der Waals surface area contributed by atoms with Gasteiger partial charge < -0.3 is 0 Å². The van der Waals surface area contributed by atoms with Crippen molar-refractivity contribution in [3.8, 4) is 6.07 Å². The van der Waals surface area contributed by atoms with Crippen molar-refractivity contribution in [2.24, 2.45) is 0 Å². The molecule has 1 atom stereocenters. The number of rotatable bonds is 3. The smallest absolute Gasteiger partial charge is 0.184 e. The lowest BCUT2D eigenvalue weighted by molar-refractivity contribution is 0.0977. The van der Waals surface area contributed by atoms with Crippen molar-refractivity contribution in [1.29, 1.82) is 5.26 Å². The second kappa shape index (κ2) is 6.17. The average molecular weight is 353 g/mol. The van der Waals surface area contributed by atoms with Crippen LogP contribution < -0.4 is 0 Å². The van der Waals surface area contributed by atoms with E-state index in [1.54, 1.807) is 24.3 Å². The monoisotopic (exact) mass is 351 g/mol. The number of hydrogen-bond acceptors (Lipinski definition) is 2. The fourth-order valence-electron chi connectivity index (χ4n) is 1.82. The van der Waals surface area contributed by atoms with Crippen LogP contribution >= 0.6 is 27.5 Å². The van der Waals surface area contributed by atoms with Crippen LogP contribution in [0.3, 0.4) is 0 Å². The number of hydrogen-bond donors (Lipinski definition) is 0. The molecule has 2 rings (SSSR count). The summed E-state index contributed by atoms with van der Waals surface area (Å²) in [5.41, 5.74) is 0.329. The van der Waals surface area contributed by atoms with E-state index in [1.807, 2.05) is 6.07 Å². The summed E-state index contributed by atoms with van der Waals surface area (Å²) >= 11 is 8.94. The standard InChI is InChI=1S/C15H8BrClFNO/c16-10-4-1-3-9(7-10)15(20)12(8-19)11-5-2-6-13(17)14(11)18/h1-7,12H. The summed E-state index contributed by atoms with van der Waals surface area (Å²) in [6.45, 7) is 0. The van der Waals surface area contributed by atoms with Crippen molar-refractivity contribution in [3.63, 3.8) is 0 Å². The maximum atomic E-state index is 13.9. The highest BCUT2D eigenvalue weighted by Crippen LogP contribution is 2.27. The summed E-state index contributed by atoms with van der Waals surface area (Å²) in [6, 6.07) is 12.7. The number of halogens is 3. The first kappa shape index (κ1) is 14.7. The van der Waals surface area contributed by atoms with E-state index in [9.17, 15) is 14.4 Å². The maximum Gasteiger partial charge on any atom is 0.184 e. The molecule has 0 aliphatic heterocycles. The molecule has 0 saturated heterocycles. The third-order valence-electron chi connectivity index (χ3n) is 2.79. The minimum atomic E-state index is -1.22. The molecule has 0 amide bonds. The first-order valence-corrected chi connectivity index (χ1v) is 6.85. The first-order chi connectivity index (χ1) is 9.54. The van der Waals surface area contributed by atoms with E-state index >= 15 is 0 Å². The lowest BCUT2D eigenvalue weighted by Crippen LogP contribution is -2.13. The summed E-state index contributed by atoms with van der Waals surface area (Å²) in [4.78, 5) is 12.3. The van der Waals surface area contributed by atoms with E-state index in [-0.39, 0.29) is 10.6 Å². The Hall–Kier alpha value is -1.70. The zero-order chi connectivity index (χ0) is 14.7. The molecule has 0 fully saturated rings. The molecule has 5 heteroatoms. The highest BCUT2D eigenvalue weighted by atomic mass is 79.9. The number of ketones is 1. The van der Waals surface area contributed by atoms with Gasteiger partial charge in [0.05, 0.1) is 11.1 Å². The van der Waals surface area contributed by atoms with E-state index in [4.69, 9.17) is 11.6 Å². The first-order valence-electron chi connectivity index (χ1n) is 5.68. The Morgan fingerprint density at radius 1 is 1.30 bits per heavy atom. The second-order valence-electron chi connectivity index (χ2n) is 4.08. The van der Waals surface area contributed by atoms with E-state index in [0.717, 1.165) is 0 Å². The Labute approximate surface area is 128 Å². The molecule has 0 saturated carbocycles. The number of nitrogens with zero attached hydrogens (tertiary/aromatic N) is 1. The van der Waals surface area contributed by atoms with Gasteiger partial charge in [-0.3, -0.25) is 4.79 Å². The molecule has 0 aliphatic rings. The molecular weight excluding hydrogens is 345 g/mol. The number of Topliss-reactive ketones (excluding diaryl/α,β-unsaturated/α-hetero) is 1. The van der Waals surface area contributed by atoms with Crippen molar-refractivity contribution in [2.45, 2.75) is 5.92 Å². The number of nitriles is 1. The van der Waals surface area contributed by atoms with E-state index in [1.165, 1.54) is 18.2 Å². The van der Waals surface area contributed by atoms with Crippen molar-refractivity contribution in [1.82, 2.24) is 0 Å². The molecule has 0 aromatic heterocycles. The molecule has 0 radical (unpaired) electrons. The highest BCUT2D eigenvalue weighted by Gasteiger charge is 2.25. The fourth-order valence-corrected chi connectivity index (χ4v) is 2.40. The number of carbonyl (C=O) groups is 1. The van der Waals surface area contributed by atoms with Crippen LogP contribution in [0.1, 0.15) is 21.8 Å². The zero-order valence-electron chi connectivity index (χ0n) is 10.1. The van der Waals surface area contributed by atoms with Crippen molar-refractivity contribution < 1.29 is 9.18 Å². The summed E-state index contributed by atoms with van der Waals surface area (Å²) < 4.78 is 14.7. The molecule has 2 nitrogen and oxygen atoms in total. The maximum absolute atomic E-state index is 13.9. The quantitative estimate of drug-likeness (QED) is 0.749. The summed E-state index contributed by atoms with van der Waals surface area (Å²) in [7, 11) is 0. The van der Waals surface area contributed by atoms with Gasteiger partial charge in [0.15, 0.2) is 5.78 Å². The van der Waals surface area contributed by atoms with Gasteiger partial charge >= 0.3 is 0 Å². The van der Waals surface area contributed by atoms with Crippen molar-refractivity contribution in [2.75, 3.05) is 0 Å². The summed E-state index contributed by atoms with van der Waals surface area (Å²) in [5.74, 6) is -2.41. The minimum Gasteiger partial charge on any atom is -0.292 e. The average Bonchev–Trinajstić information content (AvgIpc) is 2.44. The lowest BCUT2D eigenvalue weighted by atomic mass is 9.91. The number of carbonyl (C=O) groups excluding carboxylic acids is 1. The van der Waals surface area contributed by atoms with Gasteiger partial charge in [-0.1, -0.05) is 51.8 Å². The third-order valence-corrected chi connectivity index (χ3v) is 3.58. The summed E-state index contributed by atoms with van der Waals surface area (Å²) in [5, 5.41) is 9.10. The molecule has 1 unspecified atom stereocenters. The molecule has 2 aromatic carbocycles. The van der Waals surface area contributed by atoms with Gasteiger partial charge in [0.2, 0.25) is 0 Å². The van der Waals surface area contributed by atoms with Crippen LogP contribution in [0.15, 0.2) is 46.9 Å². The third kappa shape index (κ3) is 2.90. The van der Waals surface area contributed by atoms with Crippen LogP contribution in [0.4, 0.5) is 4.39 Å². The van der Waals surface area contributed by atoms with Crippen LogP contribution in [0.5, 0.6) is 0 Å². The second-order valence-corrected chi connectivity index (χ2v) is 5.40. The SMILES string of the molecule is N#CC(C(=O)c1cccc(Br)c1)c1cccc(Cl)c1F. The zero-order valence-corrected chi connectivity index (χ0v) is 12.5. The molecule has 2 aromatic rings. The van der Waals surface area contributed by atoms with E-state index < -0.39 is 17.5 Å². The molecule has 0 aliphatic carbocycles. The Balaban J connectivity index is 2.46. The Bertz CT molecular complexity index is 711. The molecule has 20 heavy (non-hydrogen) atoms. The van der Waals surface area contributed by atoms with Crippen LogP contribution in [-0.4, -0.2) is 5.78 Å². The van der Waals surface area contributed by atoms with Gasteiger partial charge in [0.1, 0.15) is 11.7 Å².